The molecule has 4 aromatic rings. The highest BCUT2D eigenvalue weighted by Crippen LogP contribution is 2.31. The molecule has 0 atom stereocenters. The number of nitrogens with zero attached hydrogens (tertiary/aromatic N) is 4. The summed E-state index contributed by atoms with van der Waals surface area (Å²) in [6.45, 7) is 7.82. The van der Waals surface area contributed by atoms with Gasteiger partial charge in [-0.05, 0) is 50.7 Å². The van der Waals surface area contributed by atoms with Crippen LogP contribution in [0.5, 0.6) is 0 Å². The molecule has 5 rings (SSSR count). The predicted octanol–water partition coefficient (Wildman–Crippen LogP) is 4.07. The van der Waals surface area contributed by atoms with Crippen LogP contribution in [0.2, 0.25) is 0 Å². The van der Waals surface area contributed by atoms with E-state index in [1.807, 2.05) is 74.5 Å². The highest BCUT2D eigenvalue weighted by molar-refractivity contribution is 6.07. The lowest BCUT2D eigenvalue weighted by Crippen LogP contribution is -2.44. The highest BCUT2D eigenvalue weighted by atomic mass is 16.1. The first-order valence-electron chi connectivity index (χ1n) is 12.3. The van der Waals surface area contributed by atoms with Crippen molar-refractivity contribution in [2.24, 2.45) is 0 Å². The van der Waals surface area contributed by atoms with Gasteiger partial charge in [0.2, 0.25) is 0 Å². The van der Waals surface area contributed by atoms with Crippen LogP contribution in [-0.2, 0) is 6.54 Å². The van der Waals surface area contributed by atoms with Crippen molar-refractivity contribution >= 4 is 28.2 Å². The summed E-state index contributed by atoms with van der Waals surface area (Å²) in [6.07, 6.45) is 0. The standard InChI is InChI=1S/C29H31N5O2/c1-20-9-11-23(12-10-20)28(35)31-26-17-24-25(18-27(26)33-15-13-32(3)14-16-33)30-21(2)34(29(24)36)19-22-7-5-4-6-8-22/h4-12,17-18H,13-16,19H2,1-3H3,(H,31,35). The zero-order chi connectivity index (χ0) is 25.2. The van der Waals surface area contributed by atoms with Crippen molar-refractivity contribution in [1.82, 2.24) is 14.5 Å². The molecular weight excluding hydrogens is 450 g/mol. The van der Waals surface area contributed by atoms with Crippen LogP contribution in [0, 0.1) is 13.8 Å². The summed E-state index contributed by atoms with van der Waals surface area (Å²) in [4.78, 5) is 36.1. The summed E-state index contributed by atoms with van der Waals surface area (Å²) in [5.41, 5.74) is 4.76. The van der Waals surface area contributed by atoms with Crippen molar-refractivity contribution in [3.05, 3.63) is 99.6 Å². The number of nitrogens with one attached hydrogen (secondary N) is 1. The van der Waals surface area contributed by atoms with E-state index in [9.17, 15) is 9.59 Å². The van der Waals surface area contributed by atoms with Gasteiger partial charge in [0.25, 0.3) is 11.5 Å². The van der Waals surface area contributed by atoms with E-state index in [4.69, 9.17) is 4.98 Å². The van der Waals surface area contributed by atoms with E-state index in [0.717, 1.165) is 43.0 Å². The Kier molecular flexibility index (Phi) is 6.57. The molecule has 0 spiro atoms. The Morgan fingerprint density at radius 2 is 1.64 bits per heavy atom. The van der Waals surface area contributed by atoms with Crippen molar-refractivity contribution in [2.75, 3.05) is 43.4 Å². The van der Waals surface area contributed by atoms with Gasteiger partial charge in [0.1, 0.15) is 5.82 Å². The van der Waals surface area contributed by atoms with Crippen LogP contribution in [-0.4, -0.2) is 53.6 Å². The largest absolute Gasteiger partial charge is 0.367 e. The van der Waals surface area contributed by atoms with Crippen molar-refractivity contribution in [3.63, 3.8) is 0 Å². The SMILES string of the molecule is Cc1ccc(C(=O)Nc2cc3c(=O)n(Cc4ccccc4)c(C)nc3cc2N2CCN(C)CC2)cc1. The van der Waals surface area contributed by atoms with E-state index in [1.54, 1.807) is 10.6 Å². The third-order valence-electron chi connectivity index (χ3n) is 6.85. The molecule has 1 aliphatic heterocycles. The fourth-order valence-corrected chi connectivity index (χ4v) is 4.63. The molecule has 7 heteroatoms. The molecule has 1 saturated heterocycles. The summed E-state index contributed by atoms with van der Waals surface area (Å²) >= 11 is 0. The molecule has 3 aromatic carbocycles. The van der Waals surface area contributed by atoms with Gasteiger partial charge in [-0.3, -0.25) is 14.2 Å². The van der Waals surface area contributed by atoms with Gasteiger partial charge < -0.3 is 15.1 Å². The van der Waals surface area contributed by atoms with Crippen LogP contribution in [0.4, 0.5) is 11.4 Å². The number of rotatable bonds is 5. The number of hydrogen-bond acceptors (Lipinski definition) is 5. The van der Waals surface area contributed by atoms with Gasteiger partial charge in [-0.1, -0.05) is 48.0 Å². The number of likely N-dealkylation sites (N-methyl/N-ethyl adjacent to an activating group) is 1. The Morgan fingerprint density at radius 3 is 2.33 bits per heavy atom. The second-order valence-electron chi connectivity index (χ2n) is 9.53. The molecule has 1 amide bonds. The molecule has 1 aromatic heterocycles. The molecule has 0 radical (unpaired) electrons. The zero-order valence-corrected chi connectivity index (χ0v) is 21.0. The van der Waals surface area contributed by atoms with E-state index in [-0.39, 0.29) is 11.5 Å². The van der Waals surface area contributed by atoms with E-state index in [1.165, 1.54) is 0 Å². The molecule has 1 N–H and O–H groups in total. The average molecular weight is 482 g/mol. The predicted molar refractivity (Wildman–Crippen MR) is 145 cm³/mol. The normalized spacial score (nSPS) is 14.2. The fourth-order valence-electron chi connectivity index (χ4n) is 4.63. The lowest BCUT2D eigenvalue weighted by Gasteiger charge is -2.35. The van der Waals surface area contributed by atoms with Gasteiger partial charge in [0.05, 0.1) is 28.8 Å². The highest BCUT2D eigenvalue weighted by Gasteiger charge is 2.21. The number of piperazine rings is 1. The van der Waals surface area contributed by atoms with Crippen molar-refractivity contribution in [3.8, 4) is 0 Å². The number of carbonyl (C=O) groups excluding carboxylic acids is 1. The topological polar surface area (TPSA) is 70.5 Å². The second-order valence-corrected chi connectivity index (χ2v) is 9.53. The third kappa shape index (κ3) is 4.88. The minimum Gasteiger partial charge on any atom is -0.367 e. The molecule has 1 fully saturated rings. The van der Waals surface area contributed by atoms with Gasteiger partial charge in [-0.15, -0.1) is 0 Å². The van der Waals surface area contributed by atoms with Gasteiger partial charge in [-0.2, -0.15) is 0 Å². The van der Waals surface area contributed by atoms with Crippen molar-refractivity contribution < 1.29 is 4.79 Å². The number of benzene rings is 3. The molecule has 7 nitrogen and oxygen atoms in total. The third-order valence-corrected chi connectivity index (χ3v) is 6.85. The maximum absolute atomic E-state index is 13.6. The second kappa shape index (κ2) is 9.95. The first-order valence-corrected chi connectivity index (χ1v) is 12.3. The molecular formula is C29H31N5O2. The summed E-state index contributed by atoms with van der Waals surface area (Å²) in [5, 5.41) is 3.58. The summed E-state index contributed by atoms with van der Waals surface area (Å²) in [6, 6.07) is 21.1. The lowest BCUT2D eigenvalue weighted by molar-refractivity contribution is 0.102. The van der Waals surface area contributed by atoms with Gasteiger partial charge >= 0.3 is 0 Å². The smallest absolute Gasteiger partial charge is 0.261 e. The number of anilines is 2. The Labute approximate surface area is 211 Å². The number of carbonyl (C=O) groups is 1. The van der Waals surface area contributed by atoms with Crippen molar-refractivity contribution in [1.29, 1.82) is 0 Å². The average Bonchev–Trinajstić information content (AvgIpc) is 2.88. The zero-order valence-electron chi connectivity index (χ0n) is 21.0. The number of hydrogen-bond donors (Lipinski definition) is 1. The Hall–Kier alpha value is -3.97. The molecule has 0 bridgehead atoms. The maximum Gasteiger partial charge on any atom is 0.261 e. The van der Waals surface area contributed by atoms with Crippen LogP contribution >= 0.6 is 0 Å². The number of amides is 1. The quantitative estimate of drug-likeness (QED) is 0.465. The number of fused-ring (bicyclic) bond motifs is 1. The molecule has 0 saturated carbocycles. The molecule has 184 valence electrons. The lowest BCUT2D eigenvalue weighted by atomic mass is 10.1. The Bertz CT molecular complexity index is 1450. The molecule has 0 aliphatic carbocycles. The first kappa shape index (κ1) is 23.8. The van der Waals surface area contributed by atoms with Crippen LogP contribution in [0.25, 0.3) is 10.9 Å². The maximum atomic E-state index is 13.6. The monoisotopic (exact) mass is 481 g/mol. The fraction of sp³-hybridized carbons (Fsp3) is 0.276. The molecule has 36 heavy (non-hydrogen) atoms. The van der Waals surface area contributed by atoms with Crippen molar-refractivity contribution in [2.45, 2.75) is 20.4 Å². The van der Waals surface area contributed by atoms with E-state index in [0.29, 0.717) is 34.5 Å². The minimum absolute atomic E-state index is 0.114. The number of aromatic nitrogens is 2. The summed E-state index contributed by atoms with van der Waals surface area (Å²) in [7, 11) is 2.11. The summed E-state index contributed by atoms with van der Waals surface area (Å²) in [5.74, 6) is 0.464. The minimum atomic E-state index is -0.200. The van der Waals surface area contributed by atoms with Crippen LogP contribution in [0.15, 0.2) is 71.5 Å². The molecule has 0 unspecified atom stereocenters. The van der Waals surface area contributed by atoms with Gasteiger partial charge in [-0.25, -0.2) is 4.98 Å². The number of aryl methyl sites for hydroxylation is 2. The van der Waals surface area contributed by atoms with Crippen LogP contribution < -0.4 is 15.8 Å². The first-order chi connectivity index (χ1) is 17.4. The summed E-state index contributed by atoms with van der Waals surface area (Å²) < 4.78 is 1.69. The van der Waals surface area contributed by atoms with Gasteiger partial charge in [0.15, 0.2) is 0 Å². The van der Waals surface area contributed by atoms with E-state index < -0.39 is 0 Å². The van der Waals surface area contributed by atoms with E-state index >= 15 is 0 Å². The van der Waals surface area contributed by atoms with E-state index in [2.05, 4.69) is 22.2 Å². The van der Waals surface area contributed by atoms with Crippen LogP contribution in [0.1, 0.15) is 27.3 Å². The Morgan fingerprint density at radius 1 is 0.944 bits per heavy atom. The molecule has 1 aliphatic rings. The van der Waals surface area contributed by atoms with Gasteiger partial charge in [0, 0.05) is 31.7 Å². The molecule has 2 heterocycles. The Balaban J connectivity index is 1.59. The van der Waals surface area contributed by atoms with Crippen LogP contribution in [0.3, 0.4) is 0 Å².